The van der Waals surface area contributed by atoms with Gasteiger partial charge in [-0.25, -0.2) is 0 Å². The maximum Gasteiger partial charge on any atom is 0.238 e. The van der Waals surface area contributed by atoms with Crippen molar-refractivity contribution in [1.82, 2.24) is 14.7 Å². The van der Waals surface area contributed by atoms with Crippen LogP contribution in [0.3, 0.4) is 0 Å². The zero-order valence-corrected chi connectivity index (χ0v) is 16.4. The number of aromatic nitrogens is 2. The third kappa shape index (κ3) is 4.25. The van der Waals surface area contributed by atoms with E-state index in [4.69, 9.17) is 10.5 Å². The van der Waals surface area contributed by atoms with Gasteiger partial charge in [0.15, 0.2) is 0 Å². The zero-order chi connectivity index (χ0) is 20.3. The molecular weight excluding hydrogens is 360 g/mol. The highest BCUT2D eigenvalue weighted by Gasteiger charge is 2.32. The topological polar surface area (TPSA) is 106 Å². The number of hydrogen-bond acceptors (Lipinski definition) is 6. The van der Waals surface area contributed by atoms with Crippen LogP contribution < -0.4 is 20.7 Å². The predicted octanol–water partition coefficient (Wildman–Crippen LogP) is 0.352. The first-order chi connectivity index (χ1) is 13.4. The number of anilines is 2. The number of nitrogens with one attached hydrogen (secondary N) is 1. The second-order valence-corrected chi connectivity index (χ2v) is 6.85. The van der Waals surface area contributed by atoms with Crippen molar-refractivity contribution in [2.24, 2.45) is 12.8 Å². The highest BCUT2D eigenvalue weighted by Crippen LogP contribution is 2.22. The summed E-state index contributed by atoms with van der Waals surface area (Å²) in [5.41, 5.74) is 8.15. The van der Waals surface area contributed by atoms with Crippen LogP contribution in [0.4, 0.5) is 11.4 Å². The lowest BCUT2D eigenvalue weighted by atomic mass is 10.1. The summed E-state index contributed by atoms with van der Waals surface area (Å²) in [5.74, 6) is 0.139. The Morgan fingerprint density at radius 1 is 1.29 bits per heavy atom. The molecule has 9 nitrogen and oxygen atoms in total. The van der Waals surface area contributed by atoms with Crippen LogP contribution >= 0.6 is 0 Å². The smallest absolute Gasteiger partial charge is 0.238 e. The largest absolute Gasteiger partial charge is 0.497 e. The molecule has 9 heteroatoms. The number of nitrogens with two attached hydrogens (primary N) is 1. The minimum absolute atomic E-state index is 0.0956. The highest BCUT2D eigenvalue weighted by atomic mass is 16.5. The molecule has 1 aromatic heterocycles. The molecule has 0 bridgehead atoms. The number of carbonyl (C=O) groups is 2. The lowest BCUT2D eigenvalue weighted by Crippen LogP contribution is -2.59. The molecule has 2 aromatic rings. The average molecular weight is 386 g/mol. The minimum atomic E-state index is -0.545. The molecule has 0 unspecified atom stereocenters. The van der Waals surface area contributed by atoms with E-state index >= 15 is 0 Å². The average Bonchev–Trinajstić information content (AvgIpc) is 3.00. The van der Waals surface area contributed by atoms with E-state index < -0.39 is 11.9 Å². The summed E-state index contributed by atoms with van der Waals surface area (Å²) in [5, 5.41) is 6.96. The van der Waals surface area contributed by atoms with Gasteiger partial charge in [-0.3, -0.25) is 19.2 Å². The van der Waals surface area contributed by atoms with E-state index in [0.717, 1.165) is 17.1 Å². The van der Waals surface area contributed by atoms with E-state index in [-0.39, 0.29) is 12.5 Å². The van der Waals surface area contributed by atoms with Crippen molar-refractivity contribution < 1.29 is 14.3 Å². The van der Waals surface area contributed by atoms with E-state index in [1.54, 1.807) is 18.0 Å². The Hall–Kier alpha value is -3.07. The number of aryl methyl sites for hydroxylation is 1. The summed E-state index contributed by atoms with van der Waals surface area (Å²) in [6, 6.07) is 7.11. The molecular formula is C19H26N6O3. The number of piperazine rings is 1. The molecule has 1 aliphatic rings. The molecule has 1 fully saturated rings. The first kappa shape index (κ1) is 19.7. The van der Waals surface area contributed by atoms with Crippen molar-refractivity contribution in [3.63, 3.8) is 0 Å². The third-order valence-electron chi connectivity index (χ3n) is 5.11. The Morgan fingerprint density at radius 3 is 2.57 bits per heavy atom. The number of amides is 2. The van der Waals surface area contributed by atoms with Crippen LogP contribution in [0.25, 0.3) is 0 Å². The number of primary amides is 1. The van der Waals surface area contributed by atoms with Crippen LogP contribution in [-0.2, 0) is 16.6 Å². The second kappa shape index (κ2) is 8.30. The standard InChI is InChI=1S/C19H26N6O3/c1-13-16(10-21-23(13)2)22-18(26)12-25-9-8-24(11-17(25)19(20)27)14-4-6-15(28-3)7-5-14/h4-7,10,17H,8-9,11-12H2,1-3H3,(H2,20,27)(H,22,26)/t17-/m0/s1. The first-order valence-electron chi connectivity index (χ1n) is 9.10. The van der Waals surface area contributed by atoms with Crippen LogP contribution in [0.2, 0.25) is 0 Å². The summed E-state index contributed by atoms with van der Waals surface area (Å²) < 4.78 is 6.87. The van der Waals surface area contributed by atoms with Crippen molar-refractivity contribution in [3.05, 3.63) is 36.2 Å². The molecule has 2 amide bonds. The van der Waals surface area contributed by atoms with Crippen molar-refractivity contribution >= 4 is 23.2 Å². The number of nitrogens with zero attached hydrogens (tertiary/aromatic N) is 4. The number of benzene rings is 1. The maximum atomic E-state index is 12.5. The summed E-state index contributed by atoms with van der Waals surface area (Å²) in [4.78, 5) is 28.4. The van der Waals surface area contributed by atoms with Gasteiger partial charge in [-0.1, -0.05) is 0 Å². The maximum absolute atomic E-state index is 12.5. The van der Waals surface area contributed by atoms with Gasteiger partial charge in [0.2, 0.25) is 11.8 Å². The Kier molecular flexibility index (Phi) is 5.84. The Morgan fingerprint density at radius 2 is 2.00 bits per heavy atom. The number of carbonyl (C=O) groups excluding carboxylic acids is 2. The summed E-state index contributed by atoms with van der Waals surface area (Å²) in [7, 11) is 3.43. The molecule has 3 rings (SSSR count). The van der Waals surface area contributed by atoms with E-state index in [1.165, 1.54) is 0 Å². The van der Waals surface area contributed by atoms with E-state index in [1.807, 2.05) is 43.1 Å². The van der Waals surface area contributed by atoms with Crippen molar-refractivity contribution in [1.29, 1.82) is 0 Å². The molecule has 1 aromatic carbocycles. The Balaban J connectivity index is 1.64. The second-order valence-electron chi connectivity index (χ2n) is 6.85. The van der Waals surface area contributed by atoms with Gasteiger partial charge < -0.3 is 20.7 Å². The number of hydrogen-bond donors (Lipinski definition) is 2. The molecule has 1 saturated heterocycles. The monoisotopic (exact) mass is 386 g/mol. The van der Waals surface area contributed by atoms with E-state index in [9.17, 15) is 9.59 Å². The summed E-state index contributed by atoms with van der Waals surface area (Å²) in [6.45, 7) is 3.65. The number of methoxy groups -OCH3 is 1. The molecule has 1 aliphatic heterocycles. The van der Waals surface area contributed by atoms with Crippen molar-refractivity contribution in [3.8, 4) is 5.75 Å². The fourth-order valence-electron chi connectivity index (χ4n) is 3.30. The molecule has 0 aliphatic carbocycles. The molecule has 150 valence electrons. The zero-order valence-electron chi connectivity index (χ0n) is 16.4. The Bertz CT molecular complexity index is 848. The SMILES string of the molecule is COc1ccc(N2CCN(CC(=O)Nc3cnn(C)c3C)[C@H](C(N)=O)C2)cc1. The van der Waals surface area contributed by atoms with Crippen LogP contribution in [0.5, 0.6) is 5.75 Å². The fraction of sp³-hybridized carbons (Fsp3) is 0.421. The highest BCUT2D eigenvalue weighted by molar-refractivity contribution is 5.93. The van der Waals surface area contributed by atoms with Crippen LogP contribution in [-0.4, -0.2) is 65.8 Å². The minimum Gasteiger partial charge on any atom is -0.497 e. The first-order valence-corrected chi connectivity index (χ1v) is 9.10. The number of ether oxygens (including phenoxy) is 1. The van der Waals surface area contributed by atoms with Crippen LogP contribution in [0.15, 0.2) is 30.5 Å². The predicted molar refractivity (Wildman–Crippen MR) is 106 cm³/mol. The van der Waals surface area contributed by atoms with Gasteiger partial charge in [-0.05, 0) is 31.2 Å². The van der Waals surface area contributed by atoms with Gasteiger partial charge in [0, 0.05) is 32.4 Å². The third-order valence-corrected chi connectivity index (χ3v) is 5.11. The van der Waals surface area contributed by atoms with E-state index in [0.29, 0.717) is 25.3 Å². The van der Waals surface area contributed by atoms with E-state index in [2.05, 4.69) is 15.3 Å². The molecule has 0 saturated carbocycles. The van der Waals surface area contributed by atoms with Gasteiger partial charge in [0.05, 0.1) is 31.2 Å². The molecule has 0 radical (unpaired) electrons. The van der Waals surface area contributed by atoms with Crippen molar-refractivity contribution in [2.45, 2.75) is 13.0 Å². The van der Waals surface area contributed by atoms with Gasteiger partial charge in [0.1, 0.15) is 11.8 Å². The summed E-state index contributed by atoms with van der Waals surface area (Å²) in [6.07, 6.45) is 1.61. The quantitative estimate of drug-likeness (QED) is 0.742. The molecule has 2 heterocycles. The van der Waals surface area contributed by atoms with Gasteiger partial charge in [0.25, 0.3) is 0 Å². The lowest BCUT2D eigenvalue weighted by Gasteiger charge is -2.40. The summed E-state index contributed by atoms with van der Waals surface area (Å²) >= 11 is 0. The molecule has 3 N–H and O–H groups in total. The van der Waals surface area contributed by atoms with Gasteiger partial charge in [-0.2, -0.15) is 5.10 Å². The fourth-order valence-corrected chi connectivity index (χ4v) is 3.30. The molecule has 0 spiro atoms. The van der Waals surface area contributed by atoms with Crippen molar-refractivity contribution in [2.75, 3.05) is 43.5 Å². The van der Waals surface area contributed by atoms with Gasteiger partial charge in [-0.15, -0.1) is 0 Å². The normalized spacial score (nSPS) is 17.4. The lowest BCUT2D eigenvalue weighted by molar-refractivity contribution is -0.125. The van der Waals surface area contributed by atoms with Crippen LogP contribution in [0, 0.1) is 6.92 Å². The Labute approximate surface area is 164 Å². The van der Waals surface area contributed by atoms with Crippen LogP contribution in [0.1, 0.15) is 5.69 Å². The molecule has 1 atom stereocenters. The molecule has 28 heavy (non-hydrogen) atoms. The van der Waals surface area contributed by atoms with Gasteiger partial charge >= 0.3 is 0 Å². The number of rotatable bonds is 6.